The van der Waals surface area contributed by atoms with E-state index in [2.05, 4.69) is 0 Å². The van der Waals surface area contributed by atoms with Crippen molar-refractivity contribution in [1.29, 1.82) is 0 Å². The highest BCUT2D eigenvalue weighted by Gasteiger charge is 2.66. The standard InChI is InChI=1S/C14H22O5/c1-11(2)7-8-9(15)12(3,4)10(16)13(5,6)14(8,17)19-18-11/h7,9,15,17H,1-6H3. The average molecular weight is 270 g/mol. The summed E-state index contributed by atoms with van der Waals surface area (Å²) in [5, 5.41) is 21.2. The third-order valence-electron chi connectivity index (χ3n) is 4.25. The second-order valence-electron chi connectivity index (χ2n) is 7.09. The molecule has 108 valence electrons. The summed E-state index contributed by atoms with van der Waals surface area (Å²) in [6.45, 7) is 10.0. The normalized spacial score (nSPS) is 39.5. The Morgan fingerprint density at radius 2 is 1.63 bits per heavy atom. The molecule has 0 amide bonds. The zero-order valence-electron chi connectivity index (χ0n) is 12.3. The van der Waals surface area contributed by atoms with Crippen molar-refractivity contribution < 1.29 is 24.8 Å². The van der Waals surface area contributed by atoms with E-state index in [0.29, 0.717) is 5.57 Å². The molecule has 0 aromatic carbocycles. The van der Waals surface area contributed by atoms with Gasteiger partial charge in [0.05, 0.1) is 16.9 Å². The lowest BCUT2D eigenvalue weighted by Crippen LogP contribution is -2.67. The summed E-state index contributed by atoms with van der Waals surface area (Å²) >= 11 is 0. The number of aliphatic hydroxyl groups is 2. The third-order valence-corrected chi connectivity index (χ3v) is 4.25. The van der Waals surface area contributed by atoms with E-state index < -0.39 is 28.3 Å². The number of hydrogen-bond donors (Lipinski definition) is 2. The zero-order chi connectivity index (χ0) is 14.9. The Labute approximate surface area is 113 Å². The number of Topliss-reactive ketones (excluding diaryl/α,β-unsaturated/α-hetero) is 1. The predicted octanol–water partition coefficient (Wildman–Crippen LogP) is 1.34. The highest BCUT2D eigenvalue weighted by Crippen LogP contribution is 2.54. The molecule has 1 saturated carbocycles. The van der Waals surface area contributed by atoms with Gasteiger partial charge in [-0.1, -0.05) is 13.8 Å². The Hall–Kier alpha value is -0.750. The van der Waals surface area contributed by atoms with Crippen molar-refractivity contribution in [3.8, 4) is 0 Å². The summed E-state index contributed by atoms with van der Waals surface area (Å²) in [5.74, 6) is -2.20. The largest absolute Gasteiger partial charge is 0.388 e. The molecular formula is C14H22O5. The summed E-state index contributed by atoms with van der Waals surface area (Å²) in [6.07, 6.45) is 0.526. The quantitative estimate of drug-likeness (QED) is 0.513. The maximum Gasteiger partial charge on any atom is 0.236 e. The summed E-state index contributed by atoms with van der Waals surface area (Å²) in [6, 6.07) is 0. The lowest BCUT2D eigenvalue weighted by Gasteiger charge is -2.55. The zero-order valence-corrected chi connectivity index (χ0v) is 12.3. The van der Waals surface area contributed by atoms with E-state index in [4.69, 9.17) is 9.78 Å². The van der Waals surface area contributed by atoms with Gasteiger partial charge < -0.3 is 10.2 Å². The van der Waals surface area contributed by atoms with Crippen molar-refractivity contribution in [2.45, 2.75) is 59.0 Å². The van der Waals surface area contributed by atoms with E-state index in [-0.39, 0.29) is 5.78 Å². The van der Waals surface area contributed by atoms with Crippen LogP contribution in [-0.4, -0.2) is 33.5 Å². The minimum atomic E-state index is -1.94. The van der Waals surface area contributed by atoms with Crippen molar-refractivity contribution in [3.63, 3.8) is 0 Å². The Bertz CT molecular complexity index is 460. The molecule has 0 radical (unpaired) electrons. The smallest absolute Gasteiger partial charge is 0.236 e. The van der Waals surface area contributed by atoms with Gasteiger partial charge in [0, 0.05) is 5.57 Å². The van der Waals surface area contributed by atoms with Crippen LogP contribution in [0.5, 0.6) is 0 Å². The van der Waals surface area contributed by atoms with Crippen LogP contribution in [0.2, 0.25) is 0 Å². The van der Waals surface area contributed by atoms with Gasteiger partial charge in [-0.05, 0) is 33.8 Å². The Kier molecular flexibility index (Phi) is 2.83. The molecule has 5 heteroatoms. The molecule has 0 spiro atoms. The number of hydrogen-bond acceptors (Lipinski definition) is 5. The second-order valence-corrected chi connectivity index (χ2v) is 7.09. The van der Waals surface area contributed by atoms with Crippen LogP contribution >= 0.6 is 0 Å². The van der Waals surface area contributed by atoms with E-state index in [1.807, 2.05) is 0 Å². The van der Waals surface area contributed by atoms with Crippen LogP contribution in [0.3, 0.4) is 0 Å². The molecule has 0 bridgehead atoms. The molecule has 0 aromatic heterocycles. The van der Waals surface area contributed by atoms with Gasteiger partial charge in [0.2, 0.25) is 5.79 Å². The minimum Gasteiger partial charge on any atom is -0.388 e. The van der Waals surface area contributed by atoms with Crippen LogP contribution < -0.4 is 0 Å². The summed E-state index contributed by atoms with van der Waals surface area (Å²) in [7, 11) is 0. The van der Waals surface area contributed by atoms with Gasteiger partial charge in [-0.25, -0.2) is 4.89 Å². The highest BCUT2D eigenvalue weighted by molar-refractivity contribution is 5.93. The van der Waals surface area contributed by atoms with Crippen LogP contribution in [0.15, 0.2) is 11.6 Å². The highest BCUT2D eigenvalue weighted by atomic mass is 17.2. The first-order chi connectivity index (χ1) is 8.36. The van der Waals surface area contributed by atoms with Gasteiger partial charge in [-0.2, -0.15) is 4.89 Å². The lowest BCUT2D eigenvalue weighted by molar-refractivity contribution is -0.467. The molecule has 2 atom stereocenters. The van der Waals surface area contributed by atoms with E-state index in [1.54, 1.807) is 47.6 Å². The molecule has 2 N–H and O–H groups in total. The second kappa shape index (κ2) is 3.67. The maximum atomic E-state index is 12.5. The molecule has 5 nitrogen and oxygen atoms in total. The molecule has 2 rings (SSSR count). The molecular weight excluding hydrogens is 248 g/mol. The molecule has 1 heterocycles. The molecule has 1 fully saturated rings. The van der Waals surface area contributed by atoms with Gasteiger partial charge >= 0.3 is 0 Å². The molecule has 2 aliphatic rings. The van der Waals surface area contributed by atoms with Crippen molar-refractivity contribution in [2.75, 3.05) is 0 Å². The first kappa shape index (κ1) is 14.7. The van der Waals surface area contributed by atoms with Gasteiger partial charge in [0.25, 0.3) is 0 Å². The van der Waals surface area contributed by atoms with Crippen LogP contribution in [0, 0.1) is 10.8 Å². The lowest BCUT2D eigenvalue weighted by atomic mass is 9.57. The number of rotatable bonds is 0. The summed E-state index contributed by atoms with van der Waals surface area (Å²) < 4.78 is 0. The first-order valence-electron chi connectivity index (χ1n) is 6.42. The van der Waals surface area contributed by atoms with Gasteiger partial charge in [0.15, 0.2) is 5.78 Å². The average Bonchev–Trinajstić information content (AvgIpc) is 2.28. The van der Waals surface area contributed by atoms with Crippen molar-refractivity contribution in [2.24, 2.45) is 10.8 Å². The Morgan fingerprint density at radius 1 is 1.11 bits per heavy atom. The van der Waals surface area contributed by atoms with Gasteiger partial charge in [0.1, 0.15) is 5.60 Å². The van der Waals surface area contributed by atoms with Crippen LogP contribution in [-0.2, 0) is 14.6 Å². The summed E-state index contributed by atoms with van der Waals surface area (Å²) in [5.41, 5.74) is -2.68. The molecule has 19 heavy (non-hydrogen) atoms. The summed E-state index contributed by atoms with van der Waals surface area (Å²) in [4.78, 5) is 22.8. The Balaban J connectivity index is 2.67. The molecule has 1 aliphatic carbocycles. The van der Waals surface area contributed by atoms with Crippen LogP contribution in [0.25, 0.3) is 0 Å². The predicted molar refractivity (Wildman–Crippen MR) is 67.9 cm³/mol. The molecule has 2 unspecified atom stereocenters. The maximum absolute atomic E-state index is 12.5. The van der Waals surface area contributed by atoms with Crippen molar-refractivity contribution >= 4 is 5.78 Å². The van der Waals surface area contributed by atoms with E-state index >= 15 is 0 Å². The van der Waals surface area contributed by atoms with E-state index in [1.165, 1.54) is 0 Å². The fraction of sp³-hybridized carbons (Fsp3) is 0.786. The van der Waals surface area contributed by atoms with Gasteiger partial charge in [-0.3, -0.25) is 4.79 Å². The van der Waals surface area contributed by atoms with Crippen molar-refractivity contribution in [3.05, 3.63) is 11.6 Å². The SMILES string of the molecule is CC1(C)C=C2C(O)C(C)(C)C(=O)C(C)(C)C2(O)OO1. The van der Waals surface area contributed by atoms with Crippen LogP contribution in [0.1, 0.15) is 41.5 Å². The van der Waals surface area contributed by atoms with Gasteiger partial charge in [-0.15, -0.1) is 0 Å². The van der Waals surface area contributed by atoms with Crippen molar-refractivity contribution in [1.82, 2.24) is 0 Å². The fourth-order valence-electron chi connectivity index (χ4n) is 2.91. The number of carbonyl (C=O) groups is 1. The molecule has 0 aromatic rings. The number of aliphatic hydroxyl groups excluding tert-OH is 1. The molecule has 0 saturated heterocycles. The first-order valence-corrected chi connectivity index (χ1v) is 6.42. The monoisotopic (exact) mass is 270 g/mol. The third kappa shape index (κ3) is 1.72. The fourth-order valence-corrected chi connectivity index (χ4v) is 2.91. The Morgan fingerprint density at radius 3 is 2.16 bits per heavy atom. The molecule has 1 aliphatic heterocycles. The van der Waals surface area contributed by atoms with E-state index in [0.717, 1.165) is 0 Å². The topological polar surface area (TPSA) is 76.0 Å². The number of fused-ring (bicyclic) bond motifs is 1. The number of carbonyl (C=O) groups excluding carboxylic acids is 1. The minimum absolute atomic E-state index is 0.268. The number of ketones is 1. The van der Waals surface area contributed by atoms with Crippen LogP contribution in [0.4, 0.5) is 0 Å². The van der Waals surface area contributed by atoms with E-state index in [9.17, 15) is 15.0 Å².